The molecular weight excluding hydrogens is 533 g/mol. The molecule has 39 heavy (non-hydrogen) atoms. The first kappa shape index (κ1) is 30.4. The standard InChI is InChI=1S/C28H27F7O4/c1-4-22(36)16-7-13(8-17(23(37)5-2)25(16)24(38)6-3)14-9-18(29)26(19(30)10-14)28(34,35)39-15-11-20(31)27(33)21(32)12-15/h7-12,22-24,36-38H,4-6H2,1-3H3. The zero-order chi connectivity index (χ0) is 29.2. The van der Waals surface area contributed by atoms with Gasteiger partial charge in [0.2, 0.25) is 0 Å². The molecule has 4 nitrogen and oxygen atoms in total. The first-order valence-electron chi connectivity index (χ1n) is 12.2. The van der Waals surface area contributed by atoms with Crippen LogP contribution in [0.3, 0.4) is 0 Å². The highest BCUT2D eigenvalue weighted by Crippen LogP contribution is 2.41. The van der Waals surface area contributed by atoms with Crippen molar-refractivity contribution in [3.8, 4) is 16.9 Å². The van der Waals surface area contributed by atoms with Gasteiger partial charge in [0.25, 0.3) is 0 Å². The van der Waals surface area contributed by atoms with E-state index in [1.807, 2.05) is 0 Å². The number of halogens is 7. The van der Waals surface area contributed by atoms with Gasteiger partial charge in [-0.15, -0.1) is 0 Å². The van der Waals surface area contributed by atoms with E-state index in [4.69, 9.17) is 0 Å². The lowest BCUT2D eigenvalue weighted by molar-refractivity contribution is -0.189. The van der Waals surface area contributed by atoms with Crippen LogP contribution in [0.2, 0.25) is 0 Å². The van der Waals surface area contributed by atoms with Crippen LogP contribution in [0.5, 0.6) is 5.75 Å². The summed E-state index contributed by atoms with van der Waals surface area (Å²) in [4.78, 5) is 0. The average Bonchev–Trinajstić information content (AvgIpc) is 2.88. The maximum atomic E-state index is 15.0. The molecule has 212 valence electrons. The largest absolute Gasteiger partial charge is 0.432 e. The summed E-state index contributed by atoms with van der Waals surface area (Å²) in [7, 11) is 0. The Morgan fingerprint density at radius 2 is 1.05 bits per heavy atom. The zero-order valence-corrected chi connectivity index (χ0v) is 21.2. The van der Waals surface area contributed by atoms with E-state index in [2.05, 4.69) is 4.74 Å². The van der Waals surface area contributed by atoms with Gasteiger partial charge in [0.1, 0.15) is 22.9 Å². The highest BCUT2D eigenvalue weighted by molar-refractivity contribution is 5.68. The van der Waals surface area contributed by atoms with Crippen molar-refractivity contribution in [2.75, 3.05) is 0 Å². The van der Waals surface area contributed by atoms with Crippen LogP contribution >= 0.6 is 0 Å². The van der Waals surface area contributed by atoms with E-state index in [0.717, 1.165) is 0 Å². The Hall–Kier alpha value is -3.15. The average molecular weight is 561 g/mol. The smallest absolute Gasteiger partial charge is 0.429 e. The lowest BCUT2D eigenvalue weighted by Crippen LogP contribution is -2.25. The summed E-state index contributed by atoms with van der Waals surface area (Å²) in [5.74, 6) is -10.4. The monoisotopic (exact) mass is 560 g/mol. The molecule has 0 heterocycles. The second-order valence-electron chi connectivity index (χ2n) is 8.98. The number of aliphatic hydroxyl groups is 3. The van der Waals surface area contributed by atoms with E-state index < -0.39 is 64.8 Å². The predicted octanol–water partition coefficient (Wildman–Crippen LogP) is 7.51. The van der Waals surface area contributed by atoms with Gasteiger partial charge in [-0.25, -0.2) is 22.0 Å². The first-order valence-corrected chi connectivity index (χ1v) is 12.2. The molecule has 3 N–H and O–H groups in total. The molecule has 0 bridgehead atoms. The van der Waals surface area contributed by atoms with Gasteiger partial charge < -0.3 is 20.1 Å². The maximum absolute atomic E-state index is 15.0. The number of aliphatic hydroxyl groups excluding tert-OH is 3. The molecule has 0 spiro atoms. The molecule has 0 saturated heterocycles. The number of hydrogen-bond donors (Lipinski definition) is 3. The number of rotatable bonds is 10. The van der Waals surface area contributed by atoms with Crippen LogP contribution < -0.4 is 4.74 Å². The van der Waals surface area contributed by atoms with Gasteiger partial charge in [-0.1, -0.05) is 20.8 Å². The Morgan fingerprint density at radius 1 is 0.641 bits per heavy atom. The summed E-state index contributed by atoms with van der Waals surface area (Å²) in [6.45, 7) is 5.00. The van der Waals surface area contributed by atoms with Gasteiger partial charge >= 0.3 is 6.11 Å². The molecule has 3 aromatic rings. The van der Waals surface area contributed by atoms with E-state index >= 15 is 0 Å². The van der Waals surface area contributed by atoms with Gasteiger partial charge in [-0.05, 0) is 71.3 Å². The summed E-state index contributed by atoms with van der Waals surface area (Å²) in [6.07, 6.45) is -7.43. The summed E-state index contributed by atoms with van der Waals surface area (Å²) < 4.78 is 104. The third-order valence-corrected chi connectivity index (χ3v) is 6.33. The molecule has 0 fully saturated rings. The minimum absolute atomic E-state index is 0.0586. The Morgan fingerprint density at radius 3 is 1.46 bits per heavy atom. The second kappa shape index (κ2) is 11.9. The van der Waals surface area contributed by atoms with E-state index in [-0.39, 0.29) is 59.2 Å². The van der Waals surface area contributed by atoms with E-state index in [9.17, 15) is 46.1 Å². The van der Waals surface area contributed by atoms with Crippen molar-refractivity contribution in [1.29, 1.82) is 0 Å². The van der Waals surface area contributed by atoms with Gasteiger partial charge in [0.15, 0.2) is 17.5 Å². The van der Waals surface area contributed by atoms with Crippen LogP contribution in [0.4, 0.5) is 30.7 Å². The third-order valence-electron chi connectivity index (χ3n) is 6.33. The van der Waals surface area contributed by atoms with E-state index in [0.29, 0.717) is 12.1 Å². The van der Waals surface area contributed by atoms with Crippen molar-refractivity contribution in [2.24, 2.45) is 0 Å². The fourth-order valence-corrected chi connectivity index (χ4v) is 4.25. The quantitative estimate of drug-likeness (QED) is 0.177. The molecule has 3 unspecified atom stereocenters. The molecule has 3 atom stereocenters. The zero-order valence-electron chi connectivity index (χ0n) is 21.2. The maximum Gasteiger partial charge on any atom is 0.432 e. The molecule has 3 aromatic carbocycles. The fourth-order valence-electron chi connectivity index (χ4n) is 4.25. The van der Waals surface area contributed by atoms with Crippen molar-refractivity contribution in [1.82, 2.24) is 0 Å². The predicted molar refractivity (Wildman–Crippen MR) is 128 cm³/mol. The highest BCUT2D eigenvalue weighted by atomic mass is 19.3. The molecule has 0 aliphatic carbocycles. The second-order valence-corrected chi connectivity index (χ2v) is 8.98. The minimum Gasteiger partial charge on any atom is -0.429 e. The van der Waals surface area contributed by atoms with Crippen molar-refractivity contribution >= 4 is 0 Å². The van der Waals surface area contributed by atoms with Crippen molar-refractivity contribution in [2.45, 2.75) is 64.5 Å². The minimum atomic E-state index is -4.76. The Balaban J connectivity index is 2.15. The Labute approximate surface area is 220 Å². The third kappa shape index (κ3) is 6.21. The topological polar surface area (TPSA) is 69.9 Å². The van der Waals surface area contributed by atoms with Gasteiger partial charge in [0, 0.05) is 12.1 Å². The molecule has 11 heteroatoms. The van der Waals surface area contributed by atoms with Crippen LogP contribution in [0.1, 0.15) is 80.6 Å². The van der Waals surface area contributed by atoms with Gasteiger partial charge in [-0.3, -0.25) is 0 Å². The lowest BCUT2D eigenvalue weighted by Gasteiger charge is -2.25. The molecule has 0 aliphatic rings. The first-order chi connectivity index (χ1) is 18.2. The van der Waals surface area contributed by atoms with Crippen LogP contribution in [0.15, 0.2) is 36.4 Å². The highest BCUT2D eigenvalue weighted by Gasteiger charge is 2.41. The van der Waals surface area contributed by atoms with Crippen LogP contribution in [0, 0.1) is 29.1 Å². The molecule has 3 rings (SSSR count). The number of hydrogen-bond acceptors (Lipinski definition) is 4. The van der Waals surface area contributed by atoms with Gasteiger partial charge in [-0.2, -0.15) is 8.78 Å². The molecule has 0 amide bonds. The molecule has 0 aliphatic heterocycles. The fraction of sp³-hybridized carbons (Fsp3) is 0.357. The Kier molecular flexibility index (Phi) is 9.30. The SMILES string of the molecule is CCC(O)c1cc(-c2cc(F)c(C(F)(F)Oc3cc(F)c(F)c(F)c3)c(F)c2)cc(C(O)CC)c1C(O)CC. The summed E-state index contributed by atoms with van der Waals surface area (Å²) in [5, 5.41) is 31.9. The number of benzene rings is 3. The molecular formula is C28H27F7O4. The molecule has 0 radical (unpaired) electrons. The van der Waals surface area contributed by atoms with Gasteiger partial charge in [0.05, 0.1) is 18.3 Å². The van der Waals surface area contributed by atoms with Crippen LogP contribution in [-0.4, -0.2) is 15.3 Å². The summed E-state index contributed by atoms with van der Waals surface area (Å²) in [5.41, 5.74) is -1.38. The Bertz CT molecular complexity index is 1270. The molecule has 0 aromatic heterocycles. The van der Waals surface area contributed by atoms with E-state index in [1.165, 1.54) is 12.1 Å². The number of alkyl halides is 2. The number of ether oxygens (including phenoxy) is 1. The van der Waals surface area contributed by atoms with Crippen molar-refractivity contribution < 1.29 is 50.8 Å². The normalized spacial score (nSPS) is 14.3. The van der Waals surface area contributed by atoms with Crippen LogP contribution in [0.25, 0.3) is 11.1 Å². The lowest BCUT2D eigenvalue weighted by atomic mass is 9.85. The molecule has 0 saturated carbocycles. The summed E-state index contributed by atoms with van der Waals surface area (Å²) >= 11 is 0. The summed E-state index contributed by atoms with van der Waals surface area (Å²) in [6, 6.07) is 4.03. The van der Waals surface area contributed by atoms with Crippen molar-refractivity contribution in [3.05, 3.63) is 87.7 Å². The van der Waals surface area contributed by atoms with Crippen LogP contribution in [-0.2, 0) is 6.11 Å². The van der Waals surface area contributed by atoms with Crippen molar-refractivity contribution in [3.63, 3.8) is 0 Å². The van der Waals surface area contributed by atoms with E-state index in [1.54, 1.807) is 20.8 Å².